The summed E-state index contributed by atoms with van der Waals surface area (Å²) in [5, 5.41) is 6.87. The average molecular weight is 383 g/mol. The molecule has 2 aromatic rings. The zero-order chi connectivity index (χ0) is 18.0. The lowest BCUT2D eigenvalue weighted by molar-refractivity contribution is -0.126. The number of amides is 1. The number of nitrogens with zero attached hydrogens (tertiary/aromatic N) is 2. The first-order chi connectivity index (χ1) is 12.0. The maximum Gasteiger partial charge on any atom is 0.249 e. The van der Waals surface area contributed by atoms with Crippen LogP contribution in [0.5, 0.6) is 0 Å². The normalized spacial score (nSPS) is 20.5. The van der Waals surface area contributed by atoms with Crippen LogP contribution in [0.4, 0.5) is 4.39 Å². The molecular formula is C18H24ClFN4O2. The van der Waals surface area contributed by atoms with Crippen molar-refractivity contribution in [1.82, 2.24) is 15.5 Å². The van der Waals surface area contributed by atoms with Crippen LogP contribution in [0, 0.1) is 24.6 Å². The summed E-state index contributed by atoms with van der Waals surface area (Å²) in [6.45, 7) is 4.01. The number of hydrogen-bond donors (Lipinski definition) is 2. The highest BCUT2D eigenvalue weighted by atomic mass is 35.5. The molecule has 1 saturated carbocycles. The summed E-state index contributed by atoms with van der Waals surface area (Å²) in [5.41, 5.74) is 6.93. The minimum absolute atomic E-state index is 0. The first-order valence-corrected chi connectivity index (χ1v) is 8.60. The maximum absolute atomic E-state index is 13.4. The summed E-state index contributed by atoms with van der Waals surface area (Å²) in [5.74, 6) is 0.603. The molecule has 3 atom stereocenters. The Hall–Kier alpha value is -1.99. The molecule has 0 radical (unpaired) electrons. The molecule has 1 heterocycles. The number of halogens is 2. The third kappa shape index (κ3) is 4.22. The second-order valence-corrected chi connectivity index (χ2v) is 6.68. The van der Waals surface area contributed by atoms with Crippen molar-refractivity contribution in [3.63, 3.8) is 0 Å². The predicted molar refractivity (Wildman–Crippen MR) is 98.1 cm³/mol. The van der Waals surface area contributed by atoms with E-state index in [1.807, 2.05) is 0 Å². The van der Waals surface area contributed by atoms with Crippen molar-refractivity contribution in [2.75, 3.05) is 6.54 Å². The number of hydrogen-bond acceptors (Lipinski definition) is 5. The van der Waals surface area contributed by atoms with Gasteiger partial charge in [0.25, 0.3) is 0 Å². The van der Waals surface area contributed by atoms with Crippen LogP contribution in [0.3, 0.4) is 0 Å². The standard InChI is InChI=1S/C18H23FN4O2.ClH/c1-10-8-12(6-7-15(10)19)16-22-18(25-23-16)11(2)21-17(24)14-5-3-4-13(14)9-20;/h6-8,11,13-14H,3-5,9,20H2,1-2H3,(H,21,24);1H/t11?,13-,14-;/m1./s1. The molecule has 142 valence electrons. The Kier molecular flexibility index (Phi) is 6.72. The van der Waals surface area contributed by atoms with E-state index in [0.717, 1.165) is 19.3 Å². The molecule has 0 spiro atoms. The molecule has 8 heteroatoms. The fraction of sp³-hybridized carbons (Fsp3) is 0.500. The molecule has 3 N–H and O–H groups in total. The Bertz CT molecular complexity index is 767. The van der Waals surface area contributed by atoms with Gasteiger partial charge in [0.05, 0.1) is 0 Å². The number of nitrogens with one attached hydrogen (secondary N) is 1. The fourth-order valence-electron chi connectivity index (χ4n) is 3.36. The van der Waals surface area contributed by atoms with Crippen LogP contribution >= 0.6 is 12.4 Å². The molecule has 1 aliphatic carbocycles. The highest BCUT2D eigenvalue weighted by Crippen LogP contribution is 2.31. The third-order valence-corrected chi connectivity index (χ3v) is 4.89. The van der Waals surface area contributed by atoms with Gasteiger partial charge in [0.15, 0.2) is 0 Å². The summed E-state index contributed by atoms with van der Waals surface area (Å²) in [4.78, 5) is 16.8. The van der Waals surface area contributed by atoms with Gasteiger partial charge in [-0.2, -0.15) is 4.98 Å². The van der Waals surface area contributed by atoms with E-state index >= 15 is 0 Å². The molecule has 0 aliphatic heterocycles. The summed E-state index contributed by atoms with van der Waals surface area (Å²) in [6.07, 6.45) is 2.89. The largest absolute Gasteiger partial charge is 0.344 e. The van der Waals surface area contributed by atoms with Gasteiger partial charge in [-0.05, 0) is 62.9 Å². The molecule has 6 nitrogen and oxygen atoms in total. The summed E-state index contributed by atoms with van der Waals surface area (Å²) in [7, 11) is 0. The van der Waals surface area contributed by atoms with Gasteiger partial charge < -0.3 is 15.6 Å². The SMILES string of the molecule is Cc1cc(-c2noc(C(C)NC(=O)[C@@H]3CCC[C@@H]3CN)n2)ccc1F.Cl. The van der Waals surface area contributed by atoms with Crippen LogP contribution < -0.4 is 11.1 Å². The molecule has 1 aromatic carbocycles. The van der Waals surface area contributed by atoms with Crippen molar-refractivity contribution in [2.45, 2.75) is 39.2 Å². The Morgan fingerprint density at radius 1 is 1.46 bits per heavy atom. The molecule has 0 bridgehead atoms. The number of nitrogens with two attached hydrogens (primary N) is 1. The van der Waals surface area contributed by atoms with Crippen LogP contribution in [0.15, 0.2) is 22.7 Å². The van der Waals surface area contributed by atoms with Crippen LogP contribution in [0.25, 0.3) is 11.4 Å². The predicted octanol–water partition coefficient (Wildman–Crippen LogP) is 3.16. The number of carbonyl (C=O) groups excluding carboxylic acids is 1. The number of benzene rings is 1. The minimum atomic E-state index is -0.394. The Morgan fingerprint density at radius 3 is 2.92 bits per heavy atom. The molecule has 1 aromatic heterocycles. The first-order valence-electron chi connectivity index (χ1n) is 8.60. The molecule has 1 unspecified atom stereocenters. The van der Waals surface area contributed by atoms with Crippen molar-refractivity contribution in [2.24, 2.45) is 17.6 Å². The Morgan fingerprint density at radius 2 is 2.23 bits per heavy atom. The molecule has 1 aliphatic rings. The Labute approximate surface area is 158 Å². The topological polar surface area (TPSA) is 94.0 Å². The van der Waals surface area contributed by atoms with E-state index in [4.69, 9.17) is 10.3 Å². The van der Waals surface area contributed by atoms with Gasteiger partial charge in [-0.25, -0.2) is 4.39 Å². The molecule has 1 amide bonds. The fourth-order valence-corrected chi connectivity index (χ4v) is 3.36. The van der Waals surface area contributed by atoms with E-state index in [2.05, 4.69) is 15.5 Å². The lowest BCUT2D eigenvalue weighted by Crippen LogP contribution is -2.36. The van der Waals surface area contributed by atoms with Crippen molar-refractivity contribution >= 4 is 18.3 Å². The number of rotatable bonds is 5. The third-order valence-electron chi connectivity index (χ3n) is 4.89. The summed E-state index contributed by atoms with van der Waals surface area (Å²) >= 11 is 0. The number of aromatic nitrogens is 2. The average Bonchev–Trinajstić information content (AvgIpc) is 3.26. The molecule has 1 fully saturated rings. The number of carbonyl (C=O) groups is 1. The van der Waals surface area contributed by atoms with Crippen molar-refractivity contribution in [3.8, 4) is 11.4 Å². The van der Waals surface area contributed by atoms with Crippen molar-refractivity contribution in [3.05, 3.63) is 35.5 Å². The smallest absolute Gasteiger partial charge is 0.249 e. The lowest BCUT2D eigenvalue weighted by atomic mass is 9.95. The molecule has 26 heavy (non-hydrogen) atoms. The van der Waals surface area contributed by atoms with Gasteiger partial charge in [-0.1, -0.05) is 11.6 Å². The van der Waals surface area contributed by atoms with E-state index < -0.39 is 6.04 Å². The van der Waals surface area contributed by atoms with Gasteiger partial charge in [0.1, 0.15) is 11.9 Å². The summed E-state index contributed by atoms with van der Waals surface area (Å²) < 4.78 is 18.7. The lowest BCUT2D eigenvalue weighted by Gasteiger charge is -2.19. The van der Waals surface area contributed by atoms with E-state index in [0.29, 0.717) is 29.4 Å². The van der Waals surface area contributed by atoms with Gasteiger partial charge >= 0.3 is 0 Å². The number of aryl methyl sites for hydroxylation is 1. The molecule has 0 saturated heterocycles. The summed E-state index contributed by atoms with van der Waals surface area (Å²) in [6, 6.07) is 4.25. The first kappa shape index (κ1) is 20.3. The quantitative estimate of drug-likeness (QED) is 0.828. The van der Waals surface area contributed by atoms with Crippen LogP contribution in [0.2, 0.25) is 0 Å². The van der Waals surface area contributed by atoms with Gasteiger partial charge in [0.2, 0.25) is 17.6 Å². The highest BCUT2D eigenvalue weighted by molar-refractivity contribution is 5.85. The molecular weight excluding hydrogens is 359 g/mol. The van der Waals surface area contributed by atoms with Gasteiger partial charge in [-0.15, -0.1) is 12.4 Å². The van der Waals surface area contributed by atoms with Gasteiger partial charge in [0, 0.05) is 11.5 Å². The van der Waals surface area contributed by atoms with Crippen LogP contribution in [-0.2, 0) is 4.79 Å². The van der Waals surface area contributed by atoms with Crippen LogP contribution in [-0.4, -0.2) is 22.6 Å². The maximum atomic E-state index is 13.4. The van der Waals surface area contributed by atoms with Crippen molar-refractivity contribution < 1.29 is 13.7 Å². The van der Waals surface area contributed by atoms with Gasteiger partial charge in [-0.3, -0.25) is 4.79 Å². The van der Waals surface area contributed by atoms with E-state index in [9.17, 15) is 9.18 Å². The van der Waals surface area contributed by atoms with E-state index in [1.165, 1.54) is 6.07 Å². The van der Waals surface area contributed by atoms with E-state index in [1.54, 1.807) is 26.0 Å². The molecule has 3 rings (SSSR count). The zero-order valence-electron chi connectivity index (χ0n) is 14.9. The van der Waals surface area contributed by atoms with E-state index in [-0.39, 0.29) is 36.0 Å². The minimum Gasteiger partial charge on any atom is -0.344 e. The Balaban J connectivity index is 0.00000243. The second-order valence-electron chi connectivity index (χ2n) is 6.68. The zero-order valence-corrected chi connectivity index (χ0v) is 15.7. The van der Waals surface area contributed by atoms with Crippen LogP contribution in [0.1, 0.15) is 43.7 Å². The second kappa shape index (κ2) is 8.60. The van der Waals surface area contributed by atoms with Crippen molar-refractivity contribution in [1.29, 1.82) is 0 Å². The monoisotopic (exact) mass is 382 g/mol. The highest BCUT2D eigenvalue weighted by Gasteiger charge is 2.33.